The third kappa shape index (κ3) is 11.4. The molecule has 192 valence electrons. The smallest absolute Gasteiger partial charge is 0.379 e. The topological polar surface area (TPSA) is 52.3 Å². The van der Waals surface area contributed by atoms with E-state index >= 15 is 0 Å². The van der Waals surface area contributed by atoms with Crippen molar-refractivity contribution in [1.29, 1.82) is 0 Å². The Labute approximate surface area is 215 Å². The predicted octanol–water partition coefficient (Wildman–Crippen LogP) is 9.11. The molecule has 0 amide bonds. The standard InChI is InChI=1S/C30H43NO3S/c32-30-28(25-26-19-16-17-20-27(26)34-30)33-23-18-14-12-10-8-6-4-2-1-3-5-7-9-11-13-15-21-29-31-22-24-35-29/h16-17,19-20,22,24-25H,1-15,18,21,23H2. The van der Waals surface area contributed by atoms with Gasteiger partial charge in [-0.2, -0.15) is 0 Å². The molecular weight excluding hydrogens is 454 g/mol. The predicted molar refractivity (Wildman–Crippen MR) is 148 cm³/mol. The van der Waals surface area contributed by atoms with E-state index in [0.29, 0.717) is 17.9 Å². The molecule has 4 nitrogen and oxygen atoms in total. The first-order valence-corrected chi connectivity index (χ1v) is 14.7. The van der Waals surface area contributed by atoms with E-state index in [0.717, 1.165) is 18.2 Å². The quantitative estimate of drug-likeness (QED) is 0.115. The fraction of sp³-hybridized carbons (Fsp3) is 0.600. The Hall–Kier alpha value is -2.14. The van der Waals surface area contributed by atoms with Crippen molar-refractivity contribution in [2.24, 2.45) is 0 Å². The van der Waals surface area contributed by atoms with Crippen LogP contribution in [0, 0.1) is 0 Å². The molecule has 0 radical (unpaired) electrons. The molecule has 0 atom stereocenters. The second-order valence-corrected chi connectivity index (χ2v) is 10.6. The van der Waals surface area contributed by atoms with Gasteiger partial charge in [0.05, 0.1) is 11.6 Å². The highest BCUT2D eigenvalue weighted by molar-refractivity contribution is 7.09. The minimum atomic E-state index is -0.387. The molecule has 1 aromatic carbocycles. The van der Waals surface area contributed by atoms with Gasteiger partial charge in [0, 0.05) is 17.0 Å². The van der Waals surface area contributed by atoms with Gasteiger partial charge in [0.15, 0.2) is 0 Å². The van der Waals surface area contributed by atoms with Gasteiger partial charge in [-0.25, -0.2) is 9.78 Å². The summed E-state index contributed by atoms with van der Waals surface area (Å²) in [6.07, 6.45) is 24.4. The molecule has 0 unspecified atom stereocenters. The molecule has 5 heteroatoms. The van der Waals surface area contributed by atoms with Gasteiger partial charge in [0.1, 0.15) is 5.58 Å². The van der Waals surface area contributed by atoms with Crippen LogP contribution in [0.25, 0.3) is 11.0 Å². The average Bonchev–Trinajstić information content (AvgIpc) is 3.39. The number of para-hydroxylation sites is 1. The number of ether oxygens (including phenoxy) is 1. The third-order valence-corrected chi connectivity index (χ3v) is 7.47. The maximum absolute atomic E-state index is 12.0. The largest absolute Gasteiger partial charge is 0.487 e. The molecule has 0 aliphatic rings. The summed E-state index contributed by atoms with van der Waals surface area (Å²) in [7, 11) is 0. The van der Waals surface area contributed by atoms with E-state index in [1.807, 2.05) is 24.4 Å². The zero-order chi connectivity index (χ0) is 24.4. The van der Waals surface area contributed by atoms with Crippen molar-refractivity contribution < 1.29 is 9.15 Å². The number of hydrogen-bond acceptors (Lipinski definition) is 5. The molecule has 0 N–H and O–H groups in total. The van der Waals surface area contributed by atoms with Crippen molar-refractivity contribution in [3.8, 4) is 5.75 Å². The second kappa shape index (κ2) is 17.3. The van der Waals surface area contributed by atoms with Gasteiger partial charge in [-0.1, -0.05) is 108 Å². The fourth-order valence-corrected chi connectivity index (χ4v) is 5.22. The lowest BCUT2D eigenvalue weighted by Gasteiger charge is -2.06. The highest BCUT2D eigenvalue weighted by Crippen LogP contribution is 2.18. The number of fused-ring (bicyclic) bond motifs is 1. The number of aromatic nitrogens is 1. The number of aryl methyl sites for hydroxylation is 1. The number of rotatable bonds is 20. The molecule has 0 bridgehead atoms. The van der Waals surface area contributed by atoms with Crippen molar-refractivity contribution in [1.82, 2.24) is 4.98 Å². The zero-order valence-electron chi connectivity index (χ0n) is 21.3. The van der Waals surface area contributed by atoms with Crippen LogP contribution >= 0.6 is 11.3 Å². The Morgan fingerprint density at radius 3 is 1.91 bits per heavy atom. The maximum atomic E-state index is 12.0. The van der Waals surface area contributed by atoms with Crippen molar-refractivity contribution in [2.45, 2.75) is 109 Å². The van der Waals surface area contributed by atoms with Gasteiger partial charge in [0.25, 0.3) is 0 Å². The molecule has 2 heterocycles. The van der Waals surface area contributed by atoms with Crippen LogP contribution in [0.5, 0.6) is 5.75 Å². The van der Waals surface area contributed by atoms with Gasteiger partial charge in [-0.15, -0.1) is 11.3 Å². The first kappa shape index (κ1) is 27.4. The summed E-state index contributed by atoms with van der Waals surface area (Å²) in [5, 5.41) is 4.27. The molecule has 2 aromatic heterocycles. The molecule has 35 heavy (non-hydrogen) atoms. The van der Waals surface area contributed by atoms with Gasteiger partial charge in [-0.05, 0) is 31.4 Å². The Bertz CT molecular complexity index is 983. The van der Waals surface area contributed by atoms with Crippen molar-refractivity contribution >= 4 is 22.3 Å². The summed E-state index contributed by atoms with van der Waals surface area (Å²) in [4.78, 5) is 16.3. The molecule has 3 rings (SSSR count). The molecule has 3 aromatic rings. The lowest BCUT2D eigenvalue weighted by molar-refractivity contribution is 0.290. The SMILES string of the molecule is O=c1oc2ccccc2cc1OCCCCCCCCCCCCCCCCCCc1nccs1. The van der Waals surface area contributed by atoms with Crippen LogP contribution in [0.3, 0.4) is 0 Å². The lowest BCUT2D eigenvalue weighted by Crippen LogP contribution is -2.07. The van der Waals surface area contributed by atoms with Crippen LogP contribution in [-0.4, -0.2) is 11.6 Å². The number of hydrogen-bond donors (Lipinski definition) is 0. The Morgan fingerprint density at radius 2 is 1.31 bits per heavy atom. The first-order chi connectivity index (χ1) is 17.3. The van der Waals surface area contributed by atoms with Crippen molar-refractivity contribution in [2.75, 3.05) is 6.61 Å². The van der Waals surface area contributed by atoms with Crippen molar-refractivity contribution in [3.05, 3.63) is 57.3 Å². The normalized spacial score (nSPS) is 11.3. The molecule has 0 aliphatic heterocycles. The summed E-state index contributed by atoms with van der Waals surface area (Å²) in [6, 6.07) is 9.31. The van der Waals surface area contributed by atoms with Gasteiger partial charge < -0.3 is 9.15 Å². The van der Waals surface area contributed by atoms with Gasteiger partial charge >= 0.3 is 5.63 Å². The highest BCUT2D eigenvalue weighted by Gasteiger charge is 2.05. The molecule has 0 spiro atoms. The maximum Gasteiger partial charge on any atom is 0.379 e. The Kier molecular flexibility index (Phi) is 13.6. The molecule has 0 fully saturated rings. The summed E-state index contributed by atoms with van der Waals surface area (Å²) < 4.78 is 11.0. The average molecular weight is 498 g/mol. The van der Waals surface area contributed by atoms with E-state index in [-0.39, 0.29) is 5.63 Å². The van der Waals surface area contributed by atoms with Crippen LogP contribution in [0.2, 0.25) is 0 Å². The van der Waals surface area contributed by atoms with Gasteiger partial charge in [-0.3, -0.25) is 0 Å². The Balaban J connectivity index is 1.04. The number of unbranched alkanes of at least 4 members (excludes halogenated alkanes) is 15. The molecule has 0 saturated carbocycles. The van der Waals surface area contributed by atoms with Crippen LogP contribution in [0.4, 0.5) is 0 Å². The number of thiazole rings is 1. The molecule has 0 aliphatic carbocycles. The monoisotopic (exact) mass is 497 g/mol. The molecular formula is C30H43NO3S. The Morgan fingerprint density at radius 1 is 0.743 bits per heavy atom. The van der Waals surface area contributed by atoms with Crippen molar-refractivity contribution in [3.63, 3.8) is 0 Å². The molecule has 0 saturated heterocycles. The van der Waals surface area contributed by atoms with E-state index in [1.54, 1.807) is 23.5 Å². The van der Waals surface area contributed by atoms with E-state index < -0.39 is 0 Å². The summed E-state index contributed by atoms with van der Waals surface area (Å²) in [6.45, 7) is 0.579. The lowest BCUT2D eigenvalue weighted by atomic mass is 10.0. The third-order valence-electron chi connectivity index (χ3n) is 6.64. The van der Waals surface area contributed by atoms with Crippen LogP contribution < -0.4 is 10.4 Å². The summed E-state index contributed by atoms with van der Waals surface area (Å²) in [5.41, 5.74) is 0.219. The zero-order valence-corrected chi connectivity index (χ0v) is 22.2. The van der Waals surface area contributed by atoms with E-state index in [4.69, 9.17) is 9.15 Å². The minimum Gasteiger partial charge on any atom is -0.487 e. The fourth-order valence-electron chi connectivity index (χ4n) is 4.56. The minimum absolute atomic E-state index is 0.325. The van der Waals surface area contributed by atoms with Crippen LogP contribution in [0.1, 0.15) is 108 Å². The number of benzene rings is 1. The van der Waals surface area contributed by atoms with Gasteiger partial charge in [0.2, 0.25) is 5.75 Å². The summed E-state index contributed by atoms with van der Waals surface area (Å²) in [5.74, 6) is 0.325. The van der Waals surface area contributed by atoms with E-state index in [9.17, 15) is 4.79 Å². The van der Waals surface area contributed by atoms with Crippen LogP contribution in [0.15, 0.2) is 51.1 Å². The van der Waals surface area contributed by atoms with E-state index in [2.05, 4.69) is 10.4 Å². The first-order valence-electron chi connectivity index (χ1n) is 13.9. The summed E-state index contributed by atoms with van der Waals surface area (Å²) >= 11 is 1.78. The number of nitrogens with zero attached hydrogens (tertiary/aromatic N) is 1. The van der Waals surface area contributed by atoms with E-state index in [1.165, 1.54) is 101 Å². The second-order valence-electron chi connectivity index (χ2n) is 9.62. The highest BCUT2D eigenvalue weighted by atomic mass is 32.1. The van der Waals surface area contributed by atoms with Crippen LogP contribution in [-0.2, 0) is 6.42 Å².